The van der Waals surface area contributed by atoms with Crippen molar-refractivity contribution in [2.45, 2.75) is 40.2 Å². The fourth-order valence-corrected chi connectivity index (χ4v) is 5.03. The van der Waals surface area contributed by atoms with Crippen LogP contribution < -0.4 is 11.1 Å². The summed E-state index contributed by atoms with van der Waals surface area (Å²) >= 11 is 2.95. The fourth-order valence-electron chi connectivity index (χ4n) is 3.40. The molecule has 0 unspecified atom stereocenters. The molecule has 8 nitrogen and oxygen atoms in total. The molecule has 0 radical (unpaired) electrons. The number of carbonyl (C=O) groups excluding carboxylic acids is 2. The minimum Gasteiger partial charge on any atom is -0.369 e. The Hall–Kier alpha value is -3.11. The Morgan fingerprint density at radius 2 is 2.00 bits per heavy atom. The van der Waals surface area contributed by atoms with Crippen LogP contribution in [0.3, 0.4) is 0 Å². The number of thiazole rings is 1. The third-order valence-electron chi connectivity index (χ3n) is 4.74. The van der Waals surface area contributed by atoms with Gasteiger partial charge in [0, 0.05) is 26.7 Å². The molecule has 0 spiro atoms. The summed E-state index contributed by atoms with van der Waals surface area (Å²) in [5.41, 5.74) is 8.63. The molecular formula is C21H22N6O2S2. The number of rotatable bonds is 6. The second-order valence-electron chi connectivity index (χ2n) is 7.54. The minimum atomic E-state index is -0.466. The van der Waals surface area contributed by atoms with E-state index in [2.05, 4.69) is 28.4 Å². The van der Waals surface area contributed by atoms with Crippen molar-refractivity contribution in [3.05, 3.63) is 44.7 Å². The second kappa shape index (κ2) is 8.20. The van der Waals surface area contributed by atoms with Gasteiger partial charge < -0.3 is 5.73 Å². The topological polar surface area (TPSA) is 116 Å². The third kappa shape index (κ3) is 4.21. The van der Waals surface area contributed by atoms with Gasteiger partial charge in [-0.3, -0.25) is 14.9 Å². The summed E-state index contributed by atoms with van der Waals surface area (Å²) < 4.78 is 1.82. The van der Waals surface area contributed by atoms with Gasteiger partial charge in [0.25, 0.3) is 5.91 Å². The monoisotopic (exact) mass is 454 g/mol. The van der Waals surface area contributed by atoms with Gasteiger partial charge in [-0.05, 0) is 39.8 Å². The average molecular weight is 455 g/mol. The summed E-state index contributed by atoms with van der Waals surface area (Å²) in [6.45, 7) is 8.15. The number of thiophene rings is 1. The second-order valence-corrected chi connectivity index (χ2v) is 9.86. The molecule has 10 heteroatoms. The number of pyridine rings is 1. The number of primary amides is 1. The van der Waals surface area contributed by atoms with Gasteiger partial charge in [0.05, 0.1) is 35.0 Å². The number of amides is 2. The SMILES string of the molecule is Cc1cc(-c2cc(C(=O)Nc3nc(CC(N)=O)cs3)c3cnn(C(C)C)c3n2)c(C)s1. The zero-order valence-electron chi connectivity index (χ0n) is 17.6. The number of hydrogen-bond acceptors (Lipinski definition) is 7. The number of fused-ring (bicyclic) bond motifs is 1. The first-order valence-corrected chi connectivity index (χ1v) is 11.4. The molecule has 4 aromatic heterocycles. The molecule has 0 bridgehead atoms. The number of aromatic nitrogens is 4. The van der Waals surface area contributed by atoms with Crippen molar-refractivity contribution in [3.8, 4) is 11.3 Å². The van der Waals surface area contributed by atoms with Crippen LogP contribution in [0.2, 0.25) is 0 Å². The predicted molar refractivity (Wildman–Crippen MR) is 124 cm³/mol. The summed E-state index contributed by atoms with van der Waals surface area (Å²) in [6, 6.07) is 3.98. The largest absolute Gasteiger partial charge is 0.369 e. The van der Waals surface area contributed by atoms with Gasteiger partial charge in [-0.1, -0.05) is 0 Å². The van der Waals surface area contributed by atoms with E-state index in [1.54, 1.807) is 29.0 Å². The van der Waals surface area contributed by atoms with Crippen molar-refractivity contribution in [2.24, 2.45) is 5.73 Å². The van der Waals surface area contributed by atoms with Gasteiger partial charge in [0.2, 0.25) is 5.91 Å². The number of anilines is 1. The molecular weight excluding hydrogens is 432 g/mol. The highest BCUT2D eigenvalue weighted by Crippen LogP contribution is 2.33. The highest BCUT2D eigenvalue weighted by Gasteiger charge is 2.20. The quantitative estimate of drug-likeness (QED) is 0.455. The van der Waals surface area contributed by atoms with E-state index in [1.807, 2.05) is 25.5 Å². The molecule has 0 aromatic carbocycles. The van der Waals surface area contributed by atoms with Crippen LogP contribution in [0.5, 0.6) is 0 Å². The van der Waals surface area contributed by atoms with Crippen LogP contribution in [-0.4, -0.2) is 31.6 Å². The van der Waals surface area contributed by atoms with Crippen LogP contribution in [0.15, 0.2) is 23.7 Å². The van der Waals surface area contributed by atoms with Crippen LogP contribution >= 0.6 is 22.7 Å². The minimum absolute atomic E-state index is 0.0357. The summed E-state index contributed by atoms with van der Waals surface area (Å²) in [4.78, 5) is 35.8. The Morgan fingerprint density at radius 3 is 2.65 bits per heavy atom. The van der Waals surface area contributed by atoms with E-state index in [9.17, 15) is 9.59 Å². The highest BCUT2D eigenvalue weighted by molar-refractivity contribution is 7.14. The Morgan fingerprint density at radius 1 is 1.23 bits per heavy atom. The van der Waals surface area contributed by atoms with Crippen molar-refractivity contribution in [2.75, 3.05) is 5.32 Å². The van der Waals surface area contributed by atoms with Crippen LogP contribution in [0.25, 0.3) is 22.3 Å². The Labute approximate surface area is 187 Å². The maximum atomic E-state index is 13.2. The zero-order valence-corrected chi connectivity index (χ0v) is 19.2. The van der Waals surface area contributed by atoms with Crippen molar-refractivity contribution in [1.82, 2.24) is 19.7 Å². The summed E-state index contributed by atoms with van der Waals surface area (Å²) in [6.07, 6.45) is 1.71. The zero-order chi connectivity index (χ0) is 22.3. The highest BCUT2D eigenvalue weighted by atomic mass is 32.1. The van der Waals surface area contributed by atoms with Crippen molar-refractivity contribution in [3.63, 3.8) is 0 Å². The van der Waals surface area contributed by atoms with Gasteiger partial charge in [-0.25, -0.2) is 14.6 Å². The number of aryl methyl sites for hydroxylation is 2. The first kappa shape index (κ1) is 21.1. The summed E-state index contributed by atoms with van der Waals surface area (Å²) in [7, 11) is 0. The lowest BCUT2D eigenvalue weighted by molar-refractivity contribution is -0.117. The molecule has 0 aliphatic heterocycles. The summed E-state index contributed by atoms with van der Waals surface area (Å²) in [5, 5.41) is 10.1. The average Bonchev–Trinajstić information content (AvgIpc) is 3.38. The predicted octanol–water partition coefficient (Wildman–Crippen LogP) is 4.09. The Balaban J connectivity index is 1.78. The van der Waals surface area contributed by atoms with E-state index in [0.717, 1.165) is 16.1 Å². The molecule has 2 amide bonds. The van der Waals surface area contributed by atoms with E-state index < -0.39 is 5.91 Å². The smallest absolute Gasteiger partial charge is 0.258 e. The first-order chi connectivity index (χ1) is 14.7. The van der Waals surface area contributed by atoms with E-state index in [4.69, 9.17) is 10.7 Å². The van der Waals surface area contributed by atoms with Gasteiger partial charge in [0.1, 0.15) is 0 Å². The maximum absolute atomic E-state index is 13.2. The molecule has 31 heavy (non-hydrogen) atoms. The normalized spacial score (nSPS) is 11.4. The van der Waals surface area contributed by atoms with Crippen LogP contribution in [-0.2, 0) is 11.2 Å². The molecule has 0 aliphatic carbocycles. The molecule has 4 aromatic rings. The lowest BCUT2D eigenvalue weighted by Gasteiger charge is -2.10. The van der Waals surface area contributed by atoms with E-state index in [-0.39, 0.29) is 18.4 Å². The molecule has 0 saturated carbocycles. The molecule has 160 valence electrons. The van der Waals surface area contributed by atoms with E-state index in [1.165, 1.54) is 16.2 Å². The Kier molecular flexibility index (Phi) is 5.59. The molecule has 0 saturated heterocycles. The first-order valence-electron chi connectivity index (χ1n) is 9.72. The molecule has 0 aliphatic rings. The van der Waals surface area contributed by atoms with Crippen molar-refractivity contribution in [1.29, 1.82) is 0 Å². The lowest BCUT2D eigenvalue weighted by atomic mass is 10.1. The fraction of sp³-hybridized carbons (Fsp3) is 0.286. The van der Waals surface area contributed by atoms with Gasteiger partial charge >= 0.3 is 0 Å². The molecule has 4 heterocycles. The van der Waals surface area contributed by atoms with Crippen molar-refractivity contribution >= 4 is 50.7 Å². The number of nitrogens with zero attached hydrogens (tertiary/aromatic N) is 4. The molecule has 3 N–H and O–H groups in total. The van der Waals surface area contributed by atoms with Crippen LogP contribution in [0.4, 0.5) is 5.13 Å². The van der Waals surface area contributed by atoms with E-state index in [0.29, 0.717) is 27.4 Å². The number of hydrogen-bond donors (Lipinski definition) is 2. The van der Waals surface area contributed by atoms with Gasteiger partial charge in [0.15, 0.2) is 10.8 Å². The maximum Gasteiger partial charge on any atom is 0.258 e. The molecule has 4 rings (SSSR count). The lowest BCUT2D eigenvalue weighted by Crippen LogP contribution is -2.15. The van der Waals surface area contributed by atoms with Gasteiger partial charge in [-0.15, -0.1) is 22.7 Å². The molecule has 0 fully saturated rings. The van der Waals surface area contributed by atoms with Gasteiger partial charge in [-0.2, -0.15) is 5.10 Å². The number of nitrogens with two attached hydrogens (primary N) is 1. The molecule has 0 atom stereocenters. The van der Waals surface area contributed by atoms with Crippen molar-refractivity contribution < 1.29 is 9.59 Å². The van der Waals surface area contributed by atoms with E-state index >= 15 is 0 Å². The third-order valence-corrected chi connectivity index (χ3v) is 6.52. The standard InChI is InChI=1S/C21H22N6O2S2/c1-10(2)27-19-16(8-23-27)15(7-17(25-19)14-5-11(3)31-12(14)4)20(29)26-21-24-13(9-30-21)6-18(22)28/h5,7-10H,6H2,1-4H3,(H2,22,28)(H,24,26,29). The Bertz CT molecular complexity index is 1300. The number of carbonyl (C=O) groups is 2. The number of nitrogens with one attached hydrogen (secondary N) is 1. The van der Waals surface area contributed by atoms with Crippen LogP contribution in [0, 0.1) is 13.8 Å². The van der Waals surface area contributed by atoms with Crippen LogP contribution in [0.1, 0.15) is 45.7 Å². The summed E-state index contributed by atoms with van der Waals surface area (Å²) in [5.74, 6) is -0.771.